The van der Waals surface area contributed by atoms with E-state index < -0.39 is 0 Å². The Kier molecular flexibility index (Phi) is 3.44. The van der Waals surface area contributed by atoms with Crippen molar-refractivity contribution in [3.63, 3.8) is 0 Å². The van der Waals surface area contributed by atoms with Gasteiger partial charge in [-0.2, -0.15) is 0 Å². The van der Waals surface area contributed by atoms with Crippen LogP contribution in [0.5, 0.6) is 0 Å². The van der Waals surface area contributed by atoms with Crippen molar-refractivity contribution >= 4 is 39.2 Å². The number of hydrogen-bond acceptors (Lipinski definition) is 4. The van der Waals surface area contributed by atoms with Crippen molar-refractivity contribution in [1.82, 2.24) is 19.5 Å². The first kappa shape index (κ1) is 15.2. The van der Waals surface area contributed by atoms with Gasteiger partial charge in [-0.05, 0) is 43.4 Å². The molecule has 1 fully saturated rings. The third-order valence-corrected chi connectivity index (χ3v) is 5.37. The first-order valence-electron chi connectivity index (χ1n) is 9.44. The fourth-order valence-corrected chi connectivity index (χ4v) is 3.86. The van der Waals surface area contributed by atoms with Crippen molar-refractivity contribution in [1.29, 1.82) is 0 Å². The van der Waals surface area contributed by atoms with E-state index in [-0.39, 0.29) is 23.9 Å². The highest BCUT2D eigenvalue weighted by Crippen LogP contribution is 2.37. The molecule has 3 aromatic heterocycles. The van der Waals surface area contributed by atoms with Crippen LogP contribution in [-0.4, -0.2) is 19.5 Å². The van der Waals surface area contributed by atoms with Crippen molar-refractivity contribution in [3.8, 4) is 0 Å². The molecule has 0 bridgehead atoms. The van der Waals surface area contributed by atoms with Crippen LogP contribution < -0.4 is 10.9 Å². The maximum atomic E-state index is 13.2. The minimum atomic E-state index is -0.180. The molecule has 5 rings (SSSR count). The number of benzene rings is 1. The van der Waals surface area contributed by atoms with Crippen molar-refractivity contribution in [3.05, 3.63) is 63.9 Å². The van der Waals surface area contributed by atoms with Gasteiger partial charge in [0.2, 0.25) is 0 Å². The number of anilines is 1. The lowest BCUT2D eigenvalue weighted by atomic mass is 10.1. The predicted octanol–water partition coefficient (Wildman–Crippen LogP) is 4.43. The normalized spacial score (nSPS) is 15.9. The quantitative estimate of drug-likeness (QED) is 0.549. The Hall–Kier alpha value is -2.86. The zero-order chi connectivity index (χ0) is 19.4. The minimum Gasteiger partial charge on any atom is -0.360 e. The number of imidazole rings is 1. The Bertz CT molecular complexity index is 1280. The largest absolute Gasteiger partial charge is 0.360 e. The summed E-state index contributed by atoms with van der Waals surface area (Å²) < 4.78 is 9.59. The molecule has 1 aliphatic carbocycles. The van der Waals surface area contributed by atoms with Gasteiger partial charge in [-0.15, -0.1) is 0 Å². The molecule has 6 nitrogen and oxygen atoms in total. The molecule has 1 saturated carbocycles. The van der Waals surface area contributed by atoms with Gasteiger partial charge in [0, 0.05) is 17.9 Å². The van der Waals surface area contributed by atoms with Gasteiger partial charge in [0.1, 0.15) is 6.89 Å². The number of aromatic nitrogens is 4. The van der Waals surface area contributed by atoms with Crippen LogP contribution >= 0.6 is 11.6 Å². The van der Waals surface area contributed by atoms with Gasteiger partial charge in [0.15, 0.2) is 5.82 Å². The molecule has 1 atom stereocenters. The van der Waals surface area contributed by atoms with Crippen LogP contribution in [0.25, 0.3) is 21.8 Å². The van der Waals surface area contributed by atoms with Gasteiger partial charge in [-0.25, -0.2) is 9.97 Å². The maximum Gasteiger partial charge on any atom is 0.260 e. The van der Waals surface area contributed by atoms with E-state index in [0.717, 1.165) is 29.4 Å². The Morgan fingerprint density at radius 2 is 2.22 bits per heavy atom. The molecule has 0 aliphatic heterocycles. The van der Waals surface area contributed by atoms with E-state index in [1.54, 1.807) is 18.3 Å². The van der Waals surface area contributed by atoms with Gasteiger partial charge in [-0.3, -0.25) is 4.79 Å². The molecule has 0 saturated heterocycles. The number of rotatable bonds is 4. The zero-order valence-corrected chi connectivity index (χ0v) is 15.4. The minimum absolute atomic E-state index is 0.0476. The Labute approximate surface area is 161 Å². The number of nitrogens with one attached hydrogen (secondary N) is 2. The first-order valence-corrected chi connectivity index (χ1v) is 9.32. The van der Waals surface area contributed by atoms with Crippen molar-refractivity contribution in [2.45, 2.75) is 31.8 Å². The van der Waals surface area contributed by atoms with E-state index in [0.29, 0.717) is 21.7 Å². The predicted molar refractivity (Wildman–Crippen MR) is 107 cm³/mol. The zero-order valence-electron chi connectivity index (χ0n) is 15.7. The van der Waals surface area contributed by atoms with Crippen molar-refractivity contribution in [2.75, 3.05) is 5.32 Å². The van der Waals surface area contributed by atoms with Crippen molar-refractivity contribution in [2.24, 2.45) is 0 Å². The van der Waals surface area contributed by atoms with Crippen LogP contribution in [0, 0.1) is 0 Å². The number of aromatic amines is 1. The molecule has 27 heavy (non-hydrogen) atoms. The summed E-state index contributed by atoms with van der Waals surface area (Å²) in [5.74, 6) is 0.584. The summed E-state index contributed by atoms with van der Waals surface area (Å²) in [7, 11) is 0. The van der Waals surface area contributed by atoms with Crippen LogP contribution in [0.1, 0.15) is 38.9 Å². The summed E-state index contributed by atoms with van der Waals surface area (Å²) in [5, 5.41) is 5.25. The number of fused-ring (bicyclic) bond motifs is 2. The maximum absolute atomic E-state index is 13.2. The Morgan fingerprint density at radius 1 is 1.37 bits per heavy atom. The highest BCUT2D eigenvalue weighted by atomic mass is 35.5. The Morgan fingerprint density at radius 3 is 3.04 bits per heavy atom. The SMILES string of the molecule is [2H]c1nc2c(N[C@@H](C)c3cc4cccc(Cl)c4c(=O)n3C3CC3)nccc2[nH]1. The van der Waals surface area contributed by atoms with E-state index in [1.807, 2.05) is 29.7 Å². The lowest BCUT2D eigenvalue weighted by Gasteiger charge is -2.21. The number of H-pyrrole nitrogens is 1. The molecular formula is C20H18ClN5O. The van der Waals surface area contributed by atoms with Gasteiger partial charge in [0.05, 0.1) is 28.3 Å². The number of nitrogens with zero attached hydrogens (tertiary/aromatic N) is 3. The van der Waals surface area contributed by atoms with Gasteiger partial charge >= 0.3 is 0 Å². The molecule has 3 heterocycles. The van der Waals surface area contributed by atoms with E-state index in [9.17, 15) is 4.79 Å². The molecule has 4 aromatic rings. The Balaban J connectivity index is 1.64. The molecular weight excluding hydrogens is 362 g/mol. The molecule has 0 radical (unpaired) electrons. The van der Waals surface area contributed by atoms with Crippen LogP contribution in [0.15, 0.2) is 47.6 Å². The molecule has 2 N–H and O–H groups in total. The second kappa shape index (κ2) is 6.09. The highest BCUT2D eigenvalue weighted by Gasteiger charge is 2.29. The molecule has 0 amide bonds. The lowest BCUT2D eigenvalue weighted by molar-refractivity contribution is 0.636. The topological polar surface area (TPSA) is 75.6 Å². The summed E-state index contributed by atoms with van der Waals surface area (Å²) in [6.07, 6.45) is 3.74. The van der Waals surface area contributed by atoms with Gasteiger partial charge in [-0.1, -0.05) is 23.7 Å². The van der Waals surface area contributed by atoms with E-state index in [1.165, 1.54) is 0 Å². The summed E-state index contributed by atoms with van der Waals surface area (Å²) >= 11 is 6.32. The second-order valence-electron chi connectivity index (χ2n) is 6.95. The van der Waals surface area contributed by atoms with E-state index in [4.69, 9.17) is 13.0 Å². The third-order valence-electron chi connectivity index (χ3n) is 5.05. The molecule has 1 aromatic carbocycles. The molecule has 0 unspecified atom stereocenters. The first-order chi connectivity index (χ1) is 13.5. The number of pyridine rings is 2. The van der Waals surface area contributed by atoms with Crippen molar-refractivity contribution < 1.29 is 1.37 Å². The third kappa shape index (κ3) is 2.68. The van der Waals surface area contributed by atoms with Crippen LogP contribution in [-0.2, 0) is 0 Å². The summed E-state index contributed by atoms with van der Waals surface area (Å²) in [6, 6.07) is 9.37. The van der Waals surface area contributed by atoms with E-state index >= 15 is 0 Å². The molecule has 0 spiro atoms. The smallest absolute Gasteiger partial charge is 0.260 e. The second-order valence-corrected chi connectivity index (χ2v) is 7.36. The fraction of sp³-hybridized carbons (Fsp3) is 0.250. The fourth-order valence-electron chi connectivity index (χ4n) is 3.59. The van der Waals surface area contributed by atoms with Gasteiger partial charge in [0.25, 0.3) is 5.56 Å². The van der Waals surface area contributed by atoms with Crippen LogP contribution in [0.3, 0.4) is 0 Å². The lowest BCUT2D eigenvalue weighted by Crippen LogP contribution is -2.26. The number of halogens is 1. The average molecular weight is 381 g/mol. The standard InChI is InChI=1S/C20H18ClN5O/c1-11(25-19-18-15(7-8-22-19)23-10-24-18)16-9-12-3-2-4-14(21)17(12)20(27)26(16)13-5-6-13/h2-4,7-11,13H,5-6H2,1H3,(H,22,25)(H,23,24)/t11-/m0/s1/i10D. The molecule has 1 aliphatic rings. The van der Waals surface area contributed by atoms with Crippen LogP contribution in [0.2, 0.25) is 5.02 Å². The summed E-state index contributed by atoms with van der Waals surface area (Å²) in [5.41, 5.74) is 2.21. The molecule has 7 heteroatoms. The van der Waals surface area contributed by atoms with Gasteiger partial charge < -0.3 is 14.9 Å². The van der Waals surface area contributed by atoms with Crippen LogP contribution in [0.4, 0.5) is 5.82 Å². The monoisotopic (exact) mass is 380 g/mol. The molecule has 136 valence electrons. The number of hydrogen-bond donors (Lipinski definition) is 2. The van der Waals surface area contributed by atoms with E-state index in [2.05, 4.69) is 20.3 Å². The highest BCUT2D eigenvalue weighted by molar-refractivity contribution is 6.35. The summed E-state index contributed by atoms with van der Waals surface area (Å²) in [6.45, 7) is 2.00. The average Bonchev–Trinajstić information content (AvgIpc) is 3.41. The summed E-state index contributed by atoms with van der Waals surface area (Å²) in [4.78, 5) is 24.7.